The molecule has 1 aromatic heterocycles. The van der Waals surface area contributed by atoms with E-state index in [4.69, 9.17) is 4.74 Å². The standard InChI is InChI=1S/C36H49FN4O3/c1-8-11-12-13-27(10-3)24-44-36(43)41-20-18-28(19-21-41)40(7)33-23-39-31(22-32(33)38-6)30-16-15-29(26(5)35(30)37)34(42)17-14-25(4)9-2/h8,11-13,15-16,22-23,25,27-28H,6,9-10,14,17-21,24H2,1-5,7H3/b11-8-,13-12-. The number of halogens is 1. The fourth-order valence-corrected chi connectivity index (χ4v) is 5.43. The molecule has 3 rings (SSSR count). The lowest BCUT2D eigenvalue weighted by atomic mass is 9.94. The molecule has 0 radical (unpaired) electrons. The normalized spacial score (nSPS) is 15.5. The van der Waals surface area contributed by atoms with Crippen LogP contribution in [0.2, 0.25) is 0 Å². The van der Waals surface area contributed by atoms with Crippen molar-refractivity contribution in [2.45, 2.75) is 79.2 Å². The minimum atomic E-state index is -0.443. The minimum Gasteiger partial charge on any atom is -0.449 e. The molecule has 0 N–H and O–H groups in total. The molecule has 2 heterocycles. The van der Waals surface area contributed by atoms with Crippen LogP contribution >= 0.6 is 0 Å². The molecule has 44 heavy (non-hydrogen) atoms. The van der Waals surface area contributed by atoms with E-state index in [1.165, 1.54) is 0 Å². The Labute approximate surface area is 262 Å². The molecule has 7 nitrogen and oxygen atoms in total. The summed E-state index contributed by atoms with van der Waals surface area (Å²) in [6, 6.07) is 5.24. The second-order valence-electron chi connectivity index (χ2n) is 11.8. The Bertz CT molecular complexity index is 1350. The van der Waals surface area contributed by atoms with E-state index in [0.29, 0.717) is 60.1 Å². The second-order valence-corrected chi connectivity index (χ2v) is 11.8. The summed E-state index contributed by atoms with van der Waals surface area (Å²) in [4.78, 5) is 38.2. The lowest BCUT2D eigenvalue weighted by Crippen LogP contribution is -2.46. The molecular formula is C36H49FN4O3. The molecule has 0 aliphatic carbocycles. The average molecular weight is 605 g/mol. The van der Waals surface area contributed by atoms with Gasteiger partial charge in [0.15, 0.2) is 5.78 Å². The van der Waals surface area contributed by atoms with E-state index in [2.05, 4.69) is 48.4 Å². The van der Waals surface area contributed by atoms with E-state index in [9.17, 15) is 9.59 Å². The number of carbonyl (C=O) groups excluding carboxylic acids is 2. The molecule has 8 heteroatoms. The highest BCUT2D eigenvalue weighted by Crippen LogP contribution is 2.35. The van der Waals surface area contributed by atoms with Crippen molar-refractivity contribution in [3.63, 3.8) is 0 Å². The predicted octanol–water partition coefficient (Wildman–Crippen LogP) is 8.73. The summed E-state index contributed by atoms with van der Waals surface area (Å²) in [5.41, 5.74) is 2.92. The lowest BCUT2D eigenvalue weighted by molar-refractivity contribution is 0.0841. The van der Waals surface area contributed by atoms with Gasteiger partial charge in [-0.25, -0.2) is 9.18 Å². The van der Waals surface area contributed by atoms with Crippen molar-refractivity contribution >= 4 is 30.0 Å². The highest BCUT2D eigenvalue weighted by molar-refractivity contribution is 5.98. The number of anilines is 1. The third kappa shape index (κ3) is 8.87. The van der Waals surface area contributed by atoms with Crippen molar-refractivity contribution in [1.82, 2.24) is 9.88 Å². The van der Waals surface area contributed by atoms with Crippen molar-refractivity contribution in [2.24, 2.45) is 16.8 Å². The fourth-order valence-electron chi connectivity index (χ4n) is 5.43. The maximum Gasteiger partial charge on any atom is 0.409 e. The first-order chi connectivity index (χ1) is 21.1. The van der Waals surface area contributed by atoms with Crippen LogP contribution in [0.25, 0.3) is 11.3 Å². The topological polar surface area (TPSA) is 75.1 Å². The number of aliphatic imine (C=N–C) groups is 1. The van der Waals surface area contributed by atoms with Gasteiger partial charge in [-0.15, -0.1) is 0 Å². The van der Waals surface area contributed by atoms with E-state index >= 15 is 4.39 Å². The Hall–Kier alpha value is -3.81. The van der Waals surface area contributed by atoms with Gasteiger partial charge in [0, 0.05) is 49.6 Å². The van der Waals surface area contributed by atoms with Crippen LogP contribution in [-0.2, 0) is 4.74 Å². The number of amides is 1. The smallest absolute Gasteiger partial charge is 0.409 e. The number of nitrogens with zero attached hydrogens (tertiary/aromatic N) is 4. The number of hydrogen-bond acceptors (Lipinski definition) is 6. The highest BCUT2D eigenvalue weighted by Gasteiger charge is 2.28. The first-order valence-corrected chi connectivity index (χ1v) is 15.9. The monoisotopic (exact) mass is 604 g/mol. The zero-order valence-corrected chi connectivity index (χ0v) is 27.3. The van der Waals surface area contributed by atoms with E-state index in [1.54, 1.807) is 36.2 Å². The molecule has 0 saturated carbocycles. The Morgan fingerprint density at radius 2 is 1.95 bits per heavy atom. The maximum absolute atomic E-state index is 15.6. The number of Topliss-reactive ketones (excluding diaryl/α,β-unsaturated/α-hetero) is 1. The quantitative estimate of drug-likeness (QED) is 0.122. The number of carbonyl (C=O) groups is 2. The van der Waals surface area contributed by atoms with Gasteiger partial charge < -0.3 is 14.5 Å². The lowest BCUT2D eigenvalue weighted by Gasteiger charge is -2.37. The van der Waals surface area contributed by atoms with Gasteiger partial charge in [0.1, 0.15) is 5.82 Å². The number of likely N-dealkylation sites (tertiary alicyclic amines) is 1. The first-order valence-electron chi connectivity index (χ1n) is 15.9. The molecule has 2 aromatic rings. The first kappa shape index (κ1) is 34.7. The Morgan fingerprint density at radius 3 is 2.59 bits per heavy atom. The second kappa shape index (κ2) is 16.9. The van der Waals surface area contributed by atoms with Crippen LogP contribution in [-0.4, -0.2) is 61.3 Å². The largest absolute Gasteiger partial charge is 0.449 e. The SMILES string of the molecule is C=Nc1cc(-c2ccc(C(=O)CCC(C)CC)c(C)c2F)ncc1N(C)C1CCN(C(=O)OCC(/C=C\C=C/C)CC)CC1. The molecule has 1 amide bonds. The Morgan fingerprint density at radius 1 is 1.23 bits per heavy atom. The molecule has 2 atom stereocenters. The number of benzene rings is 1. The minimum absolute atomic E-state index is 0.0340. The molecule has 0 spiro atoms. The van der Waals surface area contributed by atoms with Crippen molar-refractivity contribution in [2.75, 3.05) is 31.6 Å². The van der Waals surface area contributed by atoms with Gasteiger partial charge in [0.05, 0.1) is 29.9 Å². The van der Waals surface area contributed by atoms with Crippen molar-refractivity contribution in [1.29, 1.82) is 0 Å². The third-order valence-electron chi connectivity index (χ3n) is 8.84. The number of pyridine rings is 1. The summed E-state index contributed by atoms with van der Waals surface area (Å²) in [6.07, 6.45) is 14.1. The molecule has 1 aliphatic rings. The van der Waals surface area contributed by atoms with E-state index in [0.717, 1.165) is 37.8 Å². The number of allylic oxidation sites excluding steroid dienone is 3. The van der Waals surface area contributed by atoms with Crippen LogP contribution in [0.1, 0.15) is 82.1 Å². The summed E-state index contributed by atoms with van der Waals surface area (Å²) >= 11 is 0. The van der Waals surface area contributed by atoms with E-state index in [-0.39, 0.29) is 23.8 Å². The molecule has 1 aromatic carbocycles. The zero-order chi connectivity index (χ0) is 32.2. The number of ketones is 1. The molecule has 1 fully saturated rings. The number of aromatic nitrogens is 1. The summed E-state index contributed by atoms with van der Waals surface area (Å²) in [7, 11) is 1.98. The van der Waals surface area contributed by atoms with Crippen LogP contribution in [0.4, 0.5) is 20.6 Å². The van der Waals surface area contributed by atoms with Gasteiger partial charge in [-0.2, -0.15) is 0 Å². The molecule has 1 aliphatic heterocycles. The van der Waals surface area contributed by atoms with Crippen LogP contribution < -0.4 is 4.90 Å². The van der Waals surface area contributed by atoms with E-state index in [1.807, 2.05) is 32.2 Å². The van der Waals surface area contributed by atoms with Crippen LogP contribution in [0.3, 0.4) is 0 Å². The number of ether oxygens (including phenoxy) is 1. The van der Waals surface area contributed by atoms with Gasteiger partial charge >= 0.3 is 6.09 Å². The zero-order valence-electron chi connectivity index (χ0n) is 27.3. The van der Waals surface area contributed by atoms with Crippen molar-refractivity contribution in [3.05, 3.63) is 65.6 Å². The predicted molar refractivity (Wildman–Crippen MR) is 179 cm³/mol. The van der Waals surface area contributed by atoms with Gasteiger partial charge in [-0.1, -0.05) is 57.6 Å². The summed E-state index contributed by atoms with van der Waals surface area (Å²) < 4.78 is 21.2. The summed E-state index contributed by atoms with van der Waals surface area (Å²) in [5.74, 6) is 0.170. The van der Waals surface area contributed by atoms with Gasteiger partial charge in [-0.3, -0.25) is 14.8 Å². The van der Waals surface area contributed by atoms with E-state index < -0.39 is 5.82 Å². The van der Waals surface area contributed by atoms with Gasteiger partial charge in [0.2, 0.25) is 0 Å². The molecular weight excluding hydrogens is 555 g/mol. The van der Waals surface area contributed by atoms with Gasteiger partial charge in [-0.05, 0) is 69.9 Å². The molecule has 0 bridgehead atoms. The van der Waals surface area contributed by atoms with Crippen molar-refractivity contribution in [3.8, 4) is 11.3 Å². The molecule has 238 valence electrons. The Kier molecular flexibility index (Phi) is 13.3. The van der Waals surface area contributed by atoms with Crippen LogP contribution in [0.15, 0.2) is 53.7 Å². The van der Waals surface area contributed by atoms with Crippen LogP contribution in [0.5, 0.6) is 0 Å². The highest BCUT2D eigenvalue weighted by atomic mass is 19.1. The third-order valence-corrected chi connectivity index (χ3v) is 8.84. The summed E-state index contributed by atoms with van der Waals surface area (Å²) in [6.45, 7) is 15.2. The number of piperidine rings is 1. The molecule has 1 saturated heterocycles. The average Bonchev–Trinajstić information content (AvgIpc) is 3.05. The number of hydrogen-bond donors (Lipinski definition) is 0. The Balaban J connectivity index is 1.66. The fraction of sp³-hybridized carbons (Fsp3) is 0.500. The summed E-state index contributed by atoms with van der Waals surface area (Å²) in [5, 5.41) is 0. The maximum atomic E-state index is 15.6. The van der Waals surface area contributed by atoms with Crippen molar-refractivity contribution < 1.29 is 18.7 Å². The van der Waals surface area contributed by atoms with Gasteiger partial charge in [0.25, 0.3) is 0 Å². The van der Waals surface area contributed by atoms with Crippen LogP contribution in [0, 0.1) is 24.6 Å². The number of rotatable bonds is 14. The molecule has 2 unspecified atom stereocenters.